The second-order valence-electron chi connectivity index (χ2n) is 6.49. The number of hydrogen-bond donors (Lipinski definition) is 1. The first-order chi connectivity index (χ1) is 15.1. The molecule has 2 aromatic carbocycles. The van der Waals surface area contributed by atoms with E-state index in [2.05, 4.69) is 15.5 Å². The molecule has 0 spiro atoms. The molecule has 0 aliphatic carbocycles. The summed E-state index contributed by atoms with van der Waals surface area (Å²) in [6.45, 7) is 3.02. The third-order valence-corrected chi connectivity index (χ3v) is 5.32. The number of amides is 1. The predicted octanol–water partition coefficient (Wildman–Crippen LogP) is 3.57. The van der Waals surface area contributed by atoms with Gasteiger partial charge in [0.1, 0.15) is 11.6 Å². The van der Waals surface area contributed by atoms with Crippen LogP contribution in [0, 0.1) is 0 Å². The van der Waals surface area contributed by atoms with Gasteiger partial charge in [-0.15, -0.1) is 10.2 Å². The van der Waals surface area contributed by atoms with Crippen LogP contribution >= 0.6 is 11.8 Å². The number of carbonyl (C=O) groups excluding carboxylic acids is 1. The molecule has 1 N–H and O–H groups in total. The molecule has 164 valence electrons. The summed E-state index contributed by atoms with van der Waals surface area (Å²) in [6, 6.07) is 14.8. The van der Waals surface area contributed by atoms with Crippen LogP contribution in [0.1, 0.15) is 12.7 Å². The molecule has 1 heterocycles. The van der Waals surface area contributed by atoms with Gasteiger partial charge in [0.25, 0.3) is 0 Å². The van der Waals surface area contributed by atoms with Crippen molar-refractivity contribution in [3.8, 4) is 17.2 Å². The second kappa shape index (κ2) is 11.3. The van der Waals surface area contributed by atoms with E-state index in [-0.39, 0.29) is 12.3 Å². The van der Waals surface area contributed by atoms with Crippen LogP contribution in [0.5, 0.6) is 17.2 Å². The fraction of sp³-hybridized carbons (Fsp3) is 0.318. The van der Waals surface area contributed by atoms with Crippen LogP contribution in [0.15, 0.2) is 53.7 Å². The summed E-state index contributed by atoms with van der Waals surface area (Å²) in [7, 11) is 3.47. The van der Waals surface area contributed by atoms with E-state index in [1.165, 1.54) is 11.8 Å². The zero-order valence-corrected chi connectivity index (χ0v) is 18.6. The van der Waals surface area contributed by atoms with Gasteiger partial charge in [-0.25, -0.2) is 0 Å². The van der Waals surface area contributed by atoms with Crippen LogP contribution in [0.4, 0.5) is 5.69 Å². The third kappa shape index (κ3) is 6.39. The quantitative estimate of drug-likeness (QED) is 0.359. The number of ether oxygens (including phenoxy) is 3. The van der Waals surface area contributed by atoms with Crippen molar-refractivity contribution in [1.29, 1.82) is 0 Å². The van der Waals surface area contributed by atoms with Crippen molar-refractivity contribution in [2.45, 2.75) is 18.5 Å². The molecule has 0 aliphatic rings. The average molecular weight is 443 g/mol. The van der Waals surface area contributed by atoms with Crippen LogP contribution in [-0.4, -0.2) is 46.7 Å². The second-order valence-corrected chi connectivity index (χ2v) is 7.55. The Labute approximate surface area is 185 Å². The summed E-state index contributed by atoms with van der Waals surface area (Å²) in [4.78, 5) is 12.4. The first-order valence-electron chi connectivity index (χ1n) is 9.90. The van der Waals surface area contributed by atoms with Gasteiger partial charge in [0, 0.05) is 18.5 Å². The Morgan fingerprint density at radius 2 is 1.81 bits per heavy atom. The molecule has 0 fully saturated rings. The van der Waals surface area contributed by atoms with E-state index in [1.54, 1.807) is 7.11 Å². The maximum absolute atomic E-state index is 12.4. The van der Waals surface area contributed by atoms with E-state index in [1.807, 2.05) is 67.1 Å². The smallest absolute Gasteiger partial charge is 0.232 e. The lowest BCUT2D eigenvalue weighted by atomic mass is 10.3. The fourth-order valence-electron chi connectivity index (χ4n) is 2.80. The van der Waals surface area contributed by atoms with Crippen LogP contribution < -0.4 is 19.5 Å². The summed E-state index contributed by atoms with van der Waals surface area (Å²) >= 11 is 1.52. The third-order valence-electron chi connectivity index (χ3n) is 4.33. The van der Waals surface area contributed by atoms with Crippen LogP contribution in [0.3, 0.4) is 0 Å². The standard InChI is InChI=1S/C22H26N4O4S/c1-4-29-17-11-9-16(10-12-17)23-21(27)15-20-24-25-22(26(20)2)31-14-13-30-19-8-6-5-7-18(19)28-3/h5-12H,4,13-15H2,1-3H3,(H,23,27). The van der Waals surface area contributed by atoms with Gasteiger partial charge in [0.2, 0.25) is 5.91 Å². The van der Waals surface area contributed by atoms with E-state index in [4.69, 9.17) is 14.2 Å². The van der Waals surface area contributed by atoms with Gasteiger partial charge in [-0.2, -0.15) is 0 Å². The van der Waals surface area contributed by atoms with Gasteiger partial charge < -0.3 is 24.1 Å². The molecular formula is C22H26N4O4S. The molecule has 0 unspecified atom stereocenters. The first kappa shape index (κ1) is 22.5. The number of hydrogen-bond acceptors (Lipinski definition) is 7. The van der Waals surface area contributed by atoms with E-state index in [0.717, 1.165) is 10.9 Å². The minimum Gasteiger partial charge on any atom is -0.494 e. The number of aromatic nitrogens is 3. The molecule has 0 aliphatic heterocycles. The number of carbonyl (C=O) groups is 1. The Morgan fingerprint density at radius 1 is 1.06 bits per heavy atom. The zero-order valence-electron chi connectivity index (χ0n) is 17.8. The Morgan fingerprint density at radius 3 is 2.52 bits per heavy atom. The summed E-state index contributed by atoms with van der Waals surface area (Å²) in [5.74, 6) is 3.29. The molecule has 1 amide bonds. The van der Waals surface area contributed by atoms with Gasteiger partial charge in [0.15, 0.2) is 16.7 Å². The number of anilines is 1. The molecular weight excluding hydrogens is 416 g/mol. The maximum atomic E-state index is 12.4. The lowest BCUT2D eigenvalue weighted by molar-refractivity contribution is -0.115. The molecule has 0 saturated carbocycles. The van der Waals surface area contributed by atoms with E-state index in [9.17, 15) is 4.79 Å². The highest BCUT2D eigenvalue weighted by molar-refractivity contribution is 7.99. The van der Waals surface area contributed by atoms with Crippen molar-refractivity contribution >= 4 is 23.4 Å². The number of para-hydroxylation sites is 2. The molecule has 9 heteroatoms. The Bertz CT molecular complexity index is 991. The molecule has 0 radical (unpaired) electrons. The van der Waals surface area contributed by atoms with Crippen molar-refractivity contribution in [3.05, 3.63) is 54.4 Å². The number of rotatable bonds is 11. The first-order valence-corrected chi connectivity index (χ1v) is 10.9. The van der Waals surface area contributed by atoms with E-state index in [0.29, 0.717) is 42.0 Å². The molecule has 31 heavy (non-hydrogen) atoms. The largest absolute Gasteiger partial charge is 0.494 e. The molecule has 3 aromatic rings. The Hall–Kier alpha value is -3.20. The summed E-state index contributed by atoms with van der Waals surface area (Å²) in [5, 5.41) is 11.9. The highest BCUT2D eigenvalue weighted by atomic mass is 32.2. The number of benzene rings is 2. The molecule has 0 atom stereocenters. The lowest BCUT2D eigenvalue weighted by Gasteiger charge is -2.10. The van der Waals surface area contributed by atoms with E-state index < -0.39 is 0 Å². The summed E-state index contributed by atoms with van der Waals surface area (Å²) in [5.41, 5.74) is 0.707. The average Bonchev–Trinajstić information content (AvgIpc) is 3.12. The van der Waals surface area contributed by atoms with Gasteiger partial charge in [0.05, 0.1) is 26.7 Å². The molecule has 0 bridgehead atoms. The number of methoxy groups -OCH3 is 1. The van der Waals surface area contributed by atoms with Crippen LogP contribution in [-0.2, 0) is 18.3 Å². The van der Waals surface area contributed by atoms with Gasteiger partial charge in [-0.05, 0) is 43.3 Å². The van der Waals surface area contributed by atoms with Crippen molar-refractivity contribution in [2.24, 2.45) is 7.05 Å². The van der Waals surface area contributed by atoms with Gasteiger partial charge in [-0.3, -0.25) is 4.79 Å². The highest BCUT2D eigenvalue weighted by Crippen LogP contribution is 2.26. The number of nitrogens with one attached hydrogen (secondary N) is 1. The fourth-order valence-corrected chi connectivity index (χ4v) is 3.54. The van der Waals surface area contributed by atoms with Crippen molar-refractivity contribution in [2.75, 3.05) is 31.4 Å². The van der Waals surface area contributed by atoms with Crippen molar-refractivity contribution in [1.82, 2.24) is 14.8 Å². The van der Waals surface area contributed by atoms with Crippen molar-refractivity contribution in [3.63, 3.8) is 0 Å². The van der Waals surface area contributed by atoms with Gasteiger partial charge >= 0.3 is 0 Å². The van der Waals surface area contributed by atoms with Gasteiger partial charge in [-0.1, -0.05) is 23.9 Å². The molecule has 0 saturated heterocycles. The molecule has 8 nitrogen and oxygen atoms in total. The minimum absolute atomic E-state index is 0.134. The lowest BCUT2D eigenvalue weighted by Crippen LogP contribution is -2.17. The monoisotopic (exact) mass is 442 g/mol. The molecule has 1 aromatic heterocycles. The molecule has 3 rings (SSSR count). The zero-order chi connectivity index (χ0) is 22.1. The maximum Gasteiger partial charge on any atom is 0.232 e. The SMILES string of the molecule is CCOc1ccc(NC(=O)Cc2nnc(SCCOc3ccccc3OC)n2C)cc1. The predicted molar refractivity (Wildman–Crippen MR) is 120 cm³/mol. The van der Waals surface area contributed by atoms with Crippen molar-refractivity contribution < 1.29 is 19.0 Å². The number of nitrogens with zero attached hydrogens (tertiary/aromatic N) is 3. The van der Waals surface area contributed by atoms with Crippen LogP contribution in [0.25, 0.3) is 0 Å². The topological polar surface area (TPSA) is 87.5 Å². The normalized spacial score (nSPS) is 10.5. The van der Waals surface area contributed by atoms with E-state index >= 15 is 0 Å². The number of thioether (sulfide) groups is 1. The highest BCUT2D eigenvalue weighted by Gasteiger charge is 2.13. The summed E-state index contributed by atoms with van der Waals surface area (Å²) < 4.78 is 18.3. The minimum atomic E-state index is -0.157. The summed E-state index contributed by atoms with van der Waals surface area (Å²) in [6.07, 6.45) is 0.134. The van der Waals surface area contributed by atoms with Crippen LogP contribution in [0.2, 0.25) is 0 Å². The Kier molecular flexibility index (Phi) is 8.17. The Balaban J connectivity index is 1.47.